The van der Waals surface area contributed by atoms with Gasteiger partial charge >= 0.3 is 0 Å². The van der Waals surface area contributed by atoms with Gasteiger partial charge in [0.05, 0.1) is 17.2 Å². The van der Waals surface area contributed by atoms with Gasteiger partial charge in [-0.2, -0.15) is 0 Å². The molecular weight excluding hydrogens is 390 g/mol. The summed E-state index contributed by atoms with van der Waals surface area (Å²) < 4.78 is 0. The summed E-state index contributed by atoms with van der Waals surface area (Å²) in [6, 6.07) is 4.87. The number of nitrogens with zero attached hydrogens (tertiary/aromatic N) is 1. The average Bonchev–Trinajstić information content (AvgIpc) is 2.78. The lowest BCUT2D eigenvalue weighted by Crippen LogP contribution is -2.40. The summed E-state index contributed by atoms with van der Waals surface area (Å²) >= 11 is 0. The van der Waals surface area contributed by atoms with Gasteiger partial charge in [-0.15, -0.1) is 0 Å². The number of rotatable bonds is 7. The zero-order chi connectivity index (χ0) is 23.4. The lowest BCUT2D eigenvalue weighted by atomic mass is 9.85. The molecule has 31 heavy (non-hydrogen) atoms. The molecule has 0 bridgehead atoms. The van der Waals surface area contributed by atoms with Crippen LogP contribution in [0.5, 0.6) is 5.75 Å². The summed E-state index contributed by atoms with van der Waals surface area (Å²) in [5, 5.41) is 16.5. The first-order valence-corrected chi connectivity index (χ1v) is 11.5. The number of ketones is 1. The van der Waals surface area contributed by atoms with Gasteiger partial charge in [0.2, 0.25) is 0 Å². The molecule has 0 aliphatic heterocycles. The van der Waals surface area contributed by atoms with Gasteiger partial charge in [0.25, 0.3) is 0 Å². The molecule has 1 atom stereocenters. The number of hydrogen-bond acceptors (Lipinski definition) is 6. The zero-order valence-corrected chi connectivity index (χ0v) is 20.1. The molecule has 0 saturated heterocycles. The van der Waals surface area contributed by atoms with Gasteiger partial charge in [-0.3, -0.25) is 9.59 Å². The smallest absolute Gasteiger partial charge is 0.189 e. The van der Waals surface area contributed by atoms with Gasteiger partial charge in [0.15, 0.2) is 12.1 Å². The third-order valence-corrected chi connectivity index (χ3v) is 5.39. The van der Waals surface area contributed by atoms with Crippen LogP contribution in [-0.4, -0.2) is 49.8 Å². The highest BCUT2D eigenvalue weighted by atomic mass is 16.3. The van der Waals surface area contributed by atoms with E-state index in [1.165, 1.54) is 38.2 Å². The highest BCUT2D eigenvalue weighted by Gasteiger charge is 2.36. The van der Waals surface area contributed by atoms with Crippen molar-refractivity contribution >= 4 is 17.8 Å². The van der Waals surface area contributed by atoms with Crippen LogP contribution < -0.4 is 10.6 Å². The topological polar surface area (TPSA) is 81.7 Å². The van der Waals surface area contributed by atoms with Crippen LogP contribution in [0.15, 0.2) is 29.6 Å². The molecule has 6 nitrogen and oxygen atoms in total. The predicted molar refractivity (Wildman–Crippen MR) is 128 cm³/mol. The van der Waals surface area contributed by atoms with E-state index in [9.17, 15) is 14.7 Å². The number of carbonyl (C=O) groups is 2. The molecule has 1 fully saturated rings. The molecule has 3 N–H and O–H groups in total. The lowest BCUT2D eigenvalue weighted by molar-refractivity contribution is -0.120. The molecule has 0 amide bonds. The maximum atomic E-state index is 12.2. The minimum absolute atomic E-state index is 0.0241. The number of phenolic OH excluding ortho intramolecular Hbond substituents is 1. The first-order valence-electron chi connectivity index (χ1n) is 11.5. The summed E-state index contributed by atoms with van der Waals surface area (Å²) in [7, 11) is 6.00. The third-order valence-electron chi connectivity index (χ3n) is 5.39. The highest BCUT2D eigenvalue weighted by molar-refractivity contribution is 6.08. The number of aromatic hydroxyl groups is 1. The molecule has 3 rings (SSSR count). The molecule has 0 spiro atoms. The van der Waals surface area contributed by atoms with E-state index in [-0.39, 0.29) is 23.0 Å². The van der Waals surface area contributed by atoms with Crippen LogP contribution in [-0.2, 0) is 4.79 Å². The van der Waals surface area contributed by atoms with Crippen molar-refractivity contribution in [3.05, 3.63) is 35.2 Å². The van der Waals surface area contributed by atoms with Crippen LogP contribution >= 0.6 is 0 Å². The van der Waals surface area contributed by atoms with Gasteiger partial charge in [0.1, 0.15) is 11.4 Å². The summed E-state index contributed by atoms with van der Waals surface area (Å²) in [6.45, 7) is 6.75. The molecule has 0 aromatic heterocycles. The van der Waals surface area contributed by atoms with Crippen LogP contribution in [0.2, 0.25) is 0 Å². The maximum absolute atomic E-state index is 12.2. The van der Waals surface area contributed by atoms with Crippen LogP contribution in [0, 0.1) is 11.8 Å². The third kappa shape index (κ3) is 8.02. The number of anilines is 1. The molecule has 1 aromatic rings. The van der Waals surface area contributed by atoms with Crippen molar-refractivity contribution < 1.29 is 14.7 Å². The molecule has 2 aliphatic rings. The van der Waals surface area contributed by atoms with Gasteiger partial charge < -0.3 is 20.6 Å². The van der Waals surface area contributed by atoms with E-state index >= 15 is 0 Å². The quantitative estimate of drug-likeness (QED) is 0.424. The molecule has 2 aliphatic carbocycles. The van der Waals surface area contributed by atoms with Crippen molar-refractivity contribution in [3.8, 4) is 5.75 Å². The van der Waals surface area contributed by atoms with E-state index < -0.39 is 0 Å². The second-order valence-corrected chi connectivity index (χ2v) is 8.42. The van der Waals surface area contributed by atoms with E-state index in [1.807, 2.05) is 46.8 Å². The highest BCUT2D eigenvalue weighted by Crippen LogP contribution is 2.34. The number of para-hydroxylation sites is 1. The van der Waals surface area contributed by atoms with Crippen molar-refractivity contribution in [2.45, 2.75) is 59.3 Å². The number of nitrogens with one attached hydrogen (secondary N) is 2. The van der Waals surface area contributed by atoms with Gasteiger partial charge in [-0.1, -0.05) is 52.0 Å². The van der Waals surface area contributed by atoms with Crippen molar-refractivity contribution in [3.63, 3.8) is 0 Å². The SMILES string of the molecule is CC.CC1C(=O)C(Nc2cccc(C=O)c2O)=C1NCCC1CCCCC1.CN(C)C. The van der Waals surface area contributed by atoms with Crippen LogP contribution in [0.1, 0.15) is 69.7 Å². The molecule has 0 heterocycles. The number of phenols is 1. The van der Waals surface area contributed by atoms with Crippen LogP contribution in [0.3, 0.4) is 0 Å². The first-order chi connectivity index (χ1) is 14.8. The number of allylic oxidation sites excluding steroid dienone is 2. The molecule has 174 valence electrons. The van der Waals surface area contributed by atoms with E-state index in [0.717, 1.165) is 24.6 Å². The fourth-order valence-corrected chi connectivity index (χ4v) is 3.77. The van der Waals surface area contributed by atoms with Crippen molar-refractivity contribution in [1.29, 1.82) is 0 Å². The van der Waals surface area contributed by atoms with E-state index in [0.29, 0.717) is 17.7 Å². The number of Topliss-reactive ketones (excluding diaryl/α,β-unsaturated/α-hetero) is 1. The standard InChI is InChI=1S/C20H26N2O3.C3H9N.C2H6/c1-13-17(21-11-10-14-6-3-2-4-7-14)18(19(13)24)22-16-9-5-8-15(12-23)20(16)25;1-4(2)3;1-2/h5,8-9,12-14,21-22,25H,2-4,6-7,10-11H2,1H3;1-3H3;1-2H3. The summed E-state index contributed by atoms with van der Waals surface area (Å²) in [6.07, 6.45) is 8.38. The Morgan fingerprint density at radius 2 is 1.74 bits per heavy atom. The monoisotopic (exact) mass is 431 g/mol. The molecule has 1 unspecified atom stereocenters. The fraction of sp³-hybridized carbons (Fsp3) is 0.600. The Morgan fingerprint density at radius 3 is 2.32 bits per heavy atom. The van der Waals surface area contributed by atoms with E-state index in [1.54, 1.807) is 12.1 Å². The second-order valence-electron chi connectivity index (χ2n) is 8.42. The Morgan fingerprint density at radius 1 is 1.13 bits per heavy atom. The molecule has 1 aromatic carbocycles. The van der Waals surface area contributed by atoms with Crippen molar-refractivity contribution in [1.82, 2.24) is 10.2 Å². The van der Waals surface area contributed by atoms with E-state index in [2.05, 4.69) is 10.6 Å². The Hall–Kier alpha value is -2.34. The van der Waals surface area contributed by atoms with Crippen molar-refractivity contribution in [2.75, 3.05) is 33.0 Å². The minimum atomic E-state index is -0.148. The lowest BCUT2D eigenvalue weighted by Gasteiger charge is -2.32. The second kappa shape index (κ2) is 13.9. The van der Waals surface area contributed by atoms with Crippen LogP contribution in [0.25, 0.3) is 0 Å². The average molecular weight is 432 g/mol. The molecular formula is C25H41N3O3. The maximum Gasteiger partial charge on any atom is 0.189 e. The Labute approximate surface area is 188 Å². The molecule has 6 heteroatoms. The van der Waals surface area contributed by atoms with Crippen molar-refractivity contribution in [2.24, 2.45) is 11.8 Å². The number of benzene rings is 1. The summed E-state index contributed by atoms with van der Waals surface area (Å²) in [5.41, 5.74) is 1.98. The number of carbonyl (C=O) groups excluding carboxylic acids is 2. The summed E-state index contributed by atoms with van der Waals surface area (Å²) in [4.78, 5) is 25.1. The Balaban J connectivity index is 0.000000720. The van der Waals surface area contributed by atoms with Gasteiger partial charge in [-0.25, -0.2) is 0 Å². The van der Waals surface area contributed by atoms with E-state index in [4.69, 9.17) is 0 Å². The molecule has 1 saturated carbocycles. The normalized spacial score (nSPS) is 18.3. The molecule has 0 radical (unpaired) electrons. The minimum Gasteiger partial charge on any atom is -0.505 e. The number of hydrogen-bond donors (Lipinski definition) is 3. The predicted octanol–water partition coefficient (Wildman–Crippen LogP) is 4.81. The van der Waals surface area contributed by atoms with Crippen LogP contribution in [0.4, 0.5) is 5.69 Å². The van der Waals surface area contributed by atoms with Gasteiger partial charge in [0, 0.05) is 12.2 Å². The Kier molecular flexibility index (Phi) is 11.9. The fourth-order valence-electron chi connectivity index (χ4n) is 3.77. The first kappa shape index (κ1) is 26.7. The summed E-state index contributed by atoms with van der Waals surface area (Å²) in [5.74, 6) is 0.540. The Bertz CT molecular complexity index is 735. The largest absolute Gasteiger partial charge is 0.505 e. The number of aldehydes is 1. The zero-order valence-electron chi connectivity index (χ0n) is 20.1. The van der Waals surface area contributed by atoms with Gasteiger partial charge in [-0.05, 0) is 52.5 Å².